The van der Waals surface area contributed by atoms with E-state index in [1.165, 1.54) is 12.1 Å². The predicted octanol–water partition coefficient (Wildman–Crippen LogP) is 3.85. The average molecular weight is 399 g/mol. The summed E-state index contributed by atoms with van der Waals surface area (Å²) in [6.07, 6.45) is 0. The number of nitro groups is 1. The molecule has 0 aliphatic rings. The third-order valence-corrected chi connectivity index (χ3v) is 3.70. The quantitative estimate of drug-likeness (QED) is 0.440. The van der Waals surface area contributed by atoms with Gasteiger partial charge in [0.15, 0.2) is 0 Å². The van der Waals surface area contributed by atoms with Gasteiger partial charge in [0, 0.05) is 34.2 Å². The van der Waals surface area contributed by atoms with Crippen LogP contribution in [0.4, 0.5) is 11.4 Å². The average Bonchev–Trinajstić information content (AvgIpc) is 2.52. The summed E-state index contributed by atoms with van der Waals surface area (Å²) in [6, 6.07) is 11.4. The molecule has 2 aromatic carbocycles. The molecule has 0 fully saturated rings. The Morgan fingerprint density at radius 1 is 1.22 bits per heavy atom. The van der Waals surface area contributed by atoms with Gasteiger partial charge in [0.25, 0.3) is 11.6 Å². The van der Waals surface area contributed by atoms with Gasteiger partial charge in [-0.25, -0.2) is 0 Å². The van der Waals surface area contributed by atoms with Crippen LogP contribution in [0.5, 0.6) is 0 Å². The summed E-state index contributed by atoms with van der Waals surface area (Å²) < 4.78 is 0.820. The highest BCUT2D eigenvalue weighted by Gasteiger charge is 2.13. The van der Waals surface area contributed by atoms with Crippen molar-refractivity contribution in [2.24, 2.45) is 0 Å². The third kappa shape index (κ3) is 4.94. The SMILES string of the molecule is O=C(NCCNc1ccc(Cl)cc1[N+](=O)[O-])c1cccc(Br)c1. The molecular formula is C15H13BrClN3O3. The Kier molecular flexibility index (Phi) is 5.95. The first-order valence-electron chi connectivity index (χ1n) is 6.69. The van der Waals surface area contributed by atoms with Gasteiger partial charge in [-0.05, 0) is 30.3 Å². The standard InChI is InChI=1S/C15H13BrClN3O3/c16-11-3-1-2-10(8-11)15(21)19-7-6-18-13-5-4-12(17)9-14(13)20(22)23/h1-5,8-9,18H,6-7H2,(H,19,21). The molecule has 0 unspecified atom stereocenters. The fourth-order valence-electron chi connectivity index (χ4n) is 1.91. The van der Waals surface area contributed by atoms with Gasteiger partial charge in [-0.2, -0.15) is 0 Å². The van der Waals surface area contributed by atoms with E-state index in [0.717, 1.165) is 4.47 Å². The lowest BCUT2D eigenvalue weighted by molar-refractivity contribution is -0.383. The number of rotatable bonds is 6. The van der Waals surface area contributed by atoms with Crippen molar-refractivity contribution in [3.8, 4) is 0 Å². The first-order valence-corrected chi connectivity index (χ1v) is 7.86. The maximum atomic E-state index is 11.9. The maximum Gasteiger partial charge on any atom is 0.293 e. The van der Waals surface area contributed by atoms with Crippen molar-refractivity contribution in [2.75, 3.05) is 18.4 Å². The maximum absolute atomic E-state index is 11.9. The van der Waals surface area contributed by atoms with Crippen LogP contribution in [0.2, 0.25) is 5.02 Å². The fraction of sp³-hybridized carbons (Fsp3) is 0.133. The van der Waals surface area contributed by atoms with Crippen LogP contribution in [-0.4, -0.2) is 23.9 Å². The van der Waals surface area contributed by atoms with Crippen LogP contribution in [-0.2, 0) is 0 Å². The number of carbonyl (C=O) groups is 1. The first kappa shape index (κ1) is 17.2. The van der Waals surface area contributed by atoms with Crippen molar-refractivity contribution < 1.29 is 9.72 Å². The Bertz CT molecular complexity index is 740. The zero-order chi connectivity index (χ0) is 16.8. The summed E-state index contributed by atoms with van der Waals surface area (Å²) in [4.78, 5) is 22.4. The Morgan fingerprint density at radius 3 is 2.70 bits per heavy atom. The lowest BCUT2D eigenvalue weighted by Gasteiger charge is -2.09. The van der Waals surface area contributed by atoms with Gasteiger partial charge in [-0.15, -0.1) is 0 Å². The van der Waals surface area contributed by atoms with E-state index < -0.39 is 4.92 Å². The molecule has 120 valence electrons. The van der Waals surface area contributed by atoms with Crippen LogP contribution < -0.4 is 10.6 Å². The molecular weight excluding hydrogens is 386 g/mol. The first-order chi connectivity index (χ1) is 11.0. The molecule has 2 N–H and O–H groups in total. The van der Waals surface area contributed by atoms with Crippen LogP contribution >= 0.6 is 27.5 Å². The van der Waals surface area contributed by atoms with E-state index in [2.05, 4.69) is 26.6 Å². The monoisotopic (exact) mass is 397 g/mol. The molecule has 0 heterocycles. The number of nitrogens with one attached hydrogen (secondary N) is 2. The molecule has 2 aromatic rings. The second-order valence-corrected chi connectivity index (χ2v) is 5.96. The topological polar surface area (TPSA) is 84.3 Å². The van der Waals surface area contributed by atoms with Gasteiger partial charge in [0.1, 0.15) is 5.69 Å². The zero-order valence-electron chi connectivity index (χ0n) is 11.9. The molecule has 0 aromatic heterocycles. The highest BCUT2D eigenvalue weighted by Crippen LogP contribution is 2.27. The molecule has 2 rings (SSSR count). The van der Waals surface area contributed by atoms with Gasteiger partial charge >= 0.3 is 0 Å². The van der Waals surface area contributed by atoms with Crippen molar-refractivity contribution in [1.82, 2.24) is 5.32 Å². The van der Waals surface area contributed by atoms with Crippen molar-refractivity contribution in [3.05, 3.63) is 67.6 Å². The lowest BCUT2D eigenvalue weighted by atomic mass is 10.2. The van der Waals surface area contributed by atoms with Gasteiger partial charge in [-0.3, -0.25) is 14.9 Å². The van der Waals surface area contributed by atoms with Crippen LogP contribution in [0.1, 0.15) is 10.4 Å². The van der Waals surface area contributed by atoms with E-state index in [0.29, 0.717) is 29.4 Å². The number of benzene rings is 2. The van der Waals surface area contributed by atoms with Gasteiger partial charge in [-0.1, -0.05) is 33.6 Å². The second kappa shape index (κ2) is 7.94. The summed E-state index contributed by atoms with van der Waals surface area (Å²) in [5.74, 6) is -0.210. The Balaban J connectivity index is 1.88. The van der Waals surface area contributed by atoms with E-state index in [1.54, 1.807) is 24.3 Å². The number of anilines is 1. The molecule has 0 bridgehead atoms. The zero-order valence-corrected chi connectivity index (χ0v) is 14.2. The molecule has 8 heteroatoms. The number of halogens is 2. The lowest BCUT2D eigenvalue weighted by Crippen LogP contribution is -2.28. The highest BCUT2D eigenvalue weighted by molar-refractivity contribution is 9.10. The smallest absolute Gasteiger partial charge is 0.293 e. The largest absolute Gasteiger partial charge is 0.378 e. The number of amides is 1. The van der Waals surface area contributed by atoms with E-state index in [4.69, 9.17) is 11.6 Å². The molecule has 0 saturated carbocycles. The van der Waals surface area contributed by atoms with Crippen LogP contribution in [0.25, 0.3) is 0 Å². The van der Waals surface area contributed by atoms with Crippen molar-refractivity contribution in [1.29, 1.82) is 0 Å². The second-order valence-electron chi connectivity index (χ2n) is 4.61. The van der Waals surface area contributed by atoms with E-state index in [1.807, 2.05) is 6.07 Å². The summed E-state index contributed by atoms with van der Waals surface area (Å²) in [6.45, 7) is 0.674. The predicted molar refractivity (Wildman–Crippen MR) is 93.1 cm³/mol. The van der Waals surface area contributed by atoms with E-state index >= 15 is 0 Å². The molecule has 0 atom stereocenters. The Hall–Kier alpha value is -2.12. The molecule has 1 amide bonds. The Morgan fingerprint density at radius 2 is 2.00 bits per heavy atom. The molecule has 23 heavy (non-hydrogen) atoms. The molecule has 0 aliphatic carbocycles. The normalized spacial score (nSPS) is 10.2. The highest BCUT2D eigenvalue weighted by atomic mass is 79.9. The fourth-order valence-corrected chi connectivity index (χ4v) is 2.48. The number of nitrogens with zero attached hydrogens (tertiary/aromatic N) is 1. The molecule has 0 saturated heterocycles. The number of hydrogen-bond acceptors (Lipinski definition) is 4. The van der Waals surface area contributed by atoms with Crippen LogP contribution in [0.15, 0.2) is 46.9 Å². The van der Waals surface area contributed by atoms with Crippen LogP contribution in [0, 0.1) is 10.1 Å². The number of nitro benzene ring substituents is 1. The molecule has 0 spiro atoms. The van der Waals surface area contributed by atoms with E-state index in [9.17, 15) is 14.9 Å². The third-order valence-electron chi connectivity index (χ3n) is 2.97. The van der Waals surface area contributed by atoms with Crippen molar-refractivity contribution in [2.45, 2.75) is 0 Å². The minimum absolute atomic E-state index is 0.101. The summed E-state index contributed by atoms with van der Waals surface area (Å²) in [5, 5.41) is 16.9. The Labute approximate surface area is 146 Å². The van der Waals surface area contributed by atoms with E-state index in [-0.39, 0.29) is 11.6 Å². The minimum atomic E-state index is -0.506. The number of hydrogen-bond donors (Lipinski definition) is 2. The van der Waals surface area contributed by atoms with Crippen LogP contribution in [0.3, 0.4) is 0 Å². The van der Waals surface area contributed by atoms with Gasteiger partial charge < -0.3 is 10.6 Å². The van der Waals surface area contributed by atoms with Crippen molar-refractivity contribution >= 4 is 44.8 Å². The van der Waals surface area contributed by atoms with Gasteiger partial charge in [0.2, 0.25) is 0 Å². The molecule has 0 aliphatic heterocycles. The number of carbonyl (C=O) groups excluding carboxylic acids is 1. The molecule has 0 radical (unpaired) electrons. The summed E-state index contributed by atoms with van der Waals surface area (Å²) >= 11 is 9.05. The van der Waals surface area contributed by atoms with Gasteiger partial charge in [0.05, 0.1) is 4.92 Å². The minimum Gasteiger partial charge on any atom is -0.378 e. The summed E-state index contributed by atoms with van der Waals surface area (Å²) in [7, 11) is 0. The molecule has 6 nitrogen and oxygen atoms in total. The summed E-state index contributed by atoms with van der Waals surface area (Å²) in [5.41, 5.74) is 0.795. The van der Waals surface area contributed by atoms with Crippen molar-refractivity contribution in [3.63, 3.8) is 0 Å².